The first-order valence-electron chi connectivity index (χ1n) is 11.1. The second-order valence-electron chi connectivity index (χ2n) is 7.88. The summed E-state index contributed by atoms with van der Waals surface area (Å²) in [5.74, 6) is 0.997. The Morgan fingerprint density at radius 3 is 2.71 bits per heavy atom. The molecule has 8 heteroatoms. The van der Waals surface area contributed by atoms with Crippen molar-refractivity contribution in [3.8, 4) is 0 Å². The summed E-state index contributed by atoms with van der Waals surface area (Å²) in [4.78, 5) is 33.8. The van der Waals surface area contributed by atoms with Gasteiger partial charge in [0.15, 0.2) is 0 Å². The van der Waals surface area contributed by atoms with Crippen LogP contribution in [-0.4, -0.2) is 34.1 Å². The lowest BCUT2D eigenvalue weighted by Gasteiger charge is -2.32. The fourth-order valence-corrected chi connectivity index (χ4v) is 4.46. The van der Waals surface area contributed by atoms with E-state index in [2.05, 4.69) is 15.9 Å². The molecule has 0 saturated carbocycles. The first-order chi connectivity index (χ1) is 16.5. The van der Waals surface area contributed by atoms with Crippen molar-refractivity contribution >= 4 is 32.7 Å². The zero-order valence-corrected chi connectivity index (χ0v) is 20.7. The third kappa shape index (κ3) is 4.98. The first kappa shape index (κ1) is 23.9. The molecule has 2 aromatic carbocycles. The van der Waals surface area contributed by atoms with Gasteiger partial charge in [-0.05, 0) is 48.9 Å². The number of aromatic nitrogens is 2. The minimum absolute atomic E-state index is 0.149. The van der Waals surface area contributed by atoms with Gasteiger partial charge >= 0.3 is 0 Å². The van der Waals surface area contributed by atoms with Crippen LogP contribution in [0.5, 0.6) is 0 Å². The highest BCUT2D eigenvalue weighted by Gasteiger charge is 2.30. The van der Waals surface area contributed by atoms with Crippen LogP contribution in [0.4, 0.5) is 0 Å². The maximum absolute atomic E-state index is 13.8. The number of carbonyl (C=O) groups is 1. The van der Waals surface area contributed by atoms with Gasteiger partial charge in [-0.25, -0.2) is 4.98 Å². The molecular weight excluding hydrogens is 498 g/mol. The number of hydrogen-bond donors (Lipinski definition) is 0. The standard InChI is InChI=1S/C26H26BrN3O4/c1-3-23(24-28-22-12-5-4-11-21(22)26(32)29(24)13-15-33-2)30(17-20-10-7-14-34-20)25(31)18-8-6-9-19(27)16-18/h4-12,14,16,23H,3,13,15,17H2,1-2H3. The average Bonchev–Trinajstić information content (AvgIpc) is 3.36. The van der Waals surface area contributed by atoms with Crippen LogP contribution in [0.15, 0.2) is 80.6 Å². The maximum Gasteiger partial charge on any atom is 0.261 e. The van der Waals surface area contributed by atoms with Gasteiger partial charge < -0.3 is 14.1 Å². The molecule has 2 aromatic heterocycles. The lowest BCUT2D eigenvalue weighted by Crippen LogP contribution is -2.39. The third-order valence-electron chi connectivity index (χ3n) is 5.71. The maximum atomic E-state index is 13.8. The second-order valence-corrected chi connectivity index (χ2v) is 8.80. The molecule has 0 saturated heterocycles. The number of halogens is 1. The van der Waals surface area contributed by atoms with Crippen molar-refractivity contribution in [1.82, 2.24) is 14.5 Å². The van der Waals surface area contributed by atoms with Crippen molar-refractivity contribution in [3.63, 3.8) is 0 Å². The molecule has 0 spiro atoms. The van der Waals surface area contributed by atoms with Crippen LogP contribution in [0.1, 0.15) is 41.3 Å². The van der Waals surface area contributed by atoms with Gasteiger partial charge in [-0.2, -0.15) is 0 Å². The summed E-state index contributed by atoms with van der Waals surface area (Å²) < 4.78 is 13.3. The van der Waals surface area contributed by atoms with Gasteiger partial charge in [-0.15, -0.1) is 0 Å². The van der Waals surface area contributed by atoms with Crippen molar-refractivity contribution in [2.24, 2.45) is 0 Å². The van der Waals surface area contributed by atoms with Crippen LogP contribution >= 0.6 is 15.9 Å². The van der Waals surface area contributed by atoms with Gasteiger partial charge in [0.25, 0.3) is 11.5 Å². The highest BCUT2D eigenvalue weighted by Crippen LogP contribution is 2.28. The lowest BCUT2D eigenvalue weighted by atomic mass is 10.1. The minimum atomic E-state index is -0.467. The number of methoxy groups -OCH3 is 1. The molecule has 176 valence electrons. The number of hydrogen-bond acceptors (Lipinski definition) is 5. The van der Waals surface area contributed by atoms with Crippen LogP contribution in [0.25, 0.3) is 10.9 Å². The number of fused-ring (bicyclic) bond motifs is 1. The number of para-hydroxylation sites is 1. The third-order valence-corrected chi connectivity index (χ3v) is 6.20. The van der Waals surface area contributed by atoms with Crippen LogP contribution < -0.4 is 5.56 Å². The fourth-order valence-electron chi connectivity index (χ4n) is 4.06. The van der Waals surface area contributed by atoms with Gasteiger partial charge in [0.1, 0.15) is 11.6 Å². The normalized spacial score (nSPS) is 12.1. The number of amides is 1. The summed E-state index contributed by atoms with van der Waals surface area (Å²) >= 11 is 3.46. The molecule has 4 aromatic rings. The first-order valence-corrected chi connectivity index (χ1v) is 11.9. The Labute approximate surface area is 206 Å². The van der Waals surface area contributed by atoms with Crippen molar-refractivity contribution in [1.29, 1.82) is 0 Å². The lowest BCUT2D eigenvalue weighted by molar-refractivity contribution is 0.0619. The Morgan fingerprint density at radius 2 is 2.00 bits per heavy atom. The van der Waals surface area contributed by atoms with Gasteiger partial charge in [0, 0.05) is 17.1 Å². The van der Waals surface area contributed by atoms with Gasteiger partial charge in [0.2, 0.25) is 0 Å². The number of carbonyl (C=O) groups excluding carboxylic acids is 1. The van der Waals surface area contributed by atoms with Crippen molar-refractivity contribution in [2.75, 3.05) is 13.7 Å². The number of nitrogens with zero attached hydrogens (tertiary/aromatic N) is 3. The predicted molar refractivity (Wildman–Crippen MR) is 134 cm³/mol. The highest BCUT2D eigenvalue weighted by atomic mass is 79.9. The smallest absolute Gasteiger partial charge is 0.261 e. The topological polar surface area (TPSA) is 77.6 Å². The van der Waals surface area contributed by atoms with Crippen LogP contribution in [-0.2, 0) is 17.8 Å². The molecule has 0 radical (unpaired) electrons. The molecule has 2 heterocycles. The quantitative estimate of drug-likeness (QED) is 0.301. The number of rotatable bonds is 9. The Balaban J connectivity index is 1.87. The summed E-state index contributed by atoms with van der Waals surface area (Å²) in [6, 6.07) is 17.7. The Bertz CT molecular complexity index is 1330. The Hall–Kier alpha value is -3.23. The van der Waals surface area contributed by atoms with Crippen molar-refractivity contribution in [2.45, 2.75) is 32.5 Å². The molecule has 1 unspecified atom stereocenters. The van der Waals surface area contributed by atoms with E-state index in [1.807, 2.05) is 43.3 Å². The molecular formula is C26H26BrN3O4. The van der Waals surface area contributed by atoms with Crippen LogP contribution in [0.2, 0.25) is 0 Å². The van der Waals surface area contributed by atoms with Crippen LogP contribution in [0.3, 0.4) is 0 Å². The van der Waals surface area contributed by atoms with Gasteiger partial charge in [-0.3, -0.25) is 14.2 Å². The molecule has 0 aliphatic heterocycles. The van der Waals surface area contributed by atoms with E-state index in [1.165, 1.54) is 0 Å². The molecule has 0 N–H and O–H groups in total. The van der Waals surface area contributed by atoms with Crippen molar-refractivity contribution < 1.29 is 13.9 Å². The van der Waals surface area contributed by atoms with E-state index in [4.69, 9.17) is 14.1 Å². The number of benzene rings is 2. The largest absolute Gasteiger partial charge is 0.467 e. The summed E-state index contributed by atoms with van der Waals surface area (Å²) in [5, 5.41) is 0.535. The number of ether oxygens (including phenoxy) is 1. The van der Waals surface area contributed by atoms with E-state index in [1.54, 1.807) is 47.1 Å². The second kappa shape index (κ2) is 10.8. The monoisotopic (exact) mass is 523 g/mol. The summed E-state index contributed by atoms with van der Waals surface area (Å²) in [6.07, 6.45) is 2.14. The molecule has 0 bridgehead atoms. The summed E-state index contributed by atoms with van der Waals surface area (Å²) in [7, 11) is 1.59. The van der Waals surface area contributed by atoms with Crippen molar-refractivity contribution in [3.05, 3.63) is 98.9 Å². The number of furan rings is 1. The van der Waals surface area contributed by atoms with E-state index in [9.17, 15) is 9.59 Å². The Morgan fingerprint density at radius 1 is 1.18 bits per heavy atom. The molecule has 0 aliphatic carbocycles. The summed E-state index contributed by atoms with van der Waals surface area (Å²) in [6.45, 7) is 2.90. The van der Waals surface area contributed by atoms with E-state index >= 15 is 0 Å². The SMILES string of the molecule is CCC(c1nc2ccccc2c(=O)n1CCOC)N(Cc1ccco1)C(=O)c1cccc(Br)c1. The van der Waals surface area contributed by atoms with Gasteiger partial charge in [0.05, 0.1) is 42.9 Å². The zero-order chi connectivity index (χ0) is 24.1. The molecule has 0 aliphatic rings. The van der Waals surface area contributed by atoms with E-state index in [0.29, 0.717) is 47.6 Å². The van der Waals surface area contributed by atoms with E-state index in [0.717, 1.165) is 4.47 Å². The molecule has 1 atom stereocenters. The van der Waals surface area contributed by atoms with Crippen LogP contribution in [0, 0.1) is 0 Å². The predicted octanol–water partition coefficient (Wildman–Crippen LogP) is 5.19. The minimum Gasteiger partial charge on any atom is -0.467 e. The average molecular weight is 524 g/mol. The molecule has 0 fully saturated rings. The zero-order valence-electron chi connectivity index (χ0n) is 19.1. The van der Waals surface area contributed by atoms with E-state index < -0.39 is 6.04 Å². The highest BCUT2D eigenvalue weighted by molar-refractivity contribution is 9.10. The fraction of sp³-hybridized carbons (Fsp3) is 0.269. The molecule has 1 amide bonds. The molecule has 7 nitrogen and oxygen atoms in total. The summed E-state index contributed by atoms with van der Waals surface area (Å²) in [5.41, 5.74) is 0.984. The van der Waals surface area contributed by atoms with E-state index in [-0.39, 0.29) is 18.0 Å². The molecule has 4 rings (SSSR count). The van der Waals surface area contributed by atoms with Gasteiger partial charge in [-0.1, -0.05) is 41.1 Å². The Kier molecular flexibility index (Phi) is 7.59. The molecule has 34 heavy (non-hydrogen) atoms.